The van der Waals surface area contributed by atoms with E-state index in [1.54, 1.807) is 24.3 Å². The van der Waals surface area contributed by atoms with Gasteiger partial charge in [0.15, 0.2) is 11.2 Å². The van der Waals surface area contributed by atoms with Crippen LogP contribution in [0.4, 0.5) is 19.0 Å². The molecule has 2 aromatic rings. The lowest BCUT2D eigenvalue weighted by Crippen LogP contribution is -2.47. The molecule has 0 saturated carbocycles. The summed E-state index contributed by atoms with van der Waals surface area (Å²) in [4.78, 5) is 12.7. The molecule has 32 heavy (non-hydrogen) atoms. The predicted octanol–water partition coefficient (Wildman–Crippen LogP) is 3.32. The van der Waals surface area contributed by atoms with Gasteiger partial charge >= 0.3 is 6.18 Å². The number of aromatic nitrogens is 2. The van der Waals surface area contributed by atoms with Crippen LogP contribution in [0.5, 0.6) is 5.75 Å². The van der Waals surface area contributed by atoms with Gasteiger partial charge < -0.3 is 15.4 Å². The standard InChI is InChI=1S/C20H25F3N6O2S/c1-11(2)9-24-19(32)28-27-18(30)14-10-25-29-16(20(21,22)23)8-15(26-17(14)29)12-4-6-13(31-3)7-5-12/h4-7,10-11,15-16,26H,8-9H2,1-3H3,(H,27,30)(H2,24,28,32)/t15-,16+/m0/s1. The number of carbonyl (C=O) groups excluding carboxylic acids is 1. The molecule has 0 radical (unpaired) electrons. The fourth-order valence-corrected chi connectivity index (χ4v) is 3.44. The Bertz CT molecular complexity index is 961. The average Bonchev–Trinajstić information content (AvgIpc) is 3.18. The Kier molecular flexibility index (Phi) is 7.12. The molecule has 8 nitrogen and oxygen atoms in total. The zero-order valence-corrected chi connectivity index (χ0v) is 18.6. The van der Waals surface area contributed by atoms with Crippen molar-refractivity contribution in [2.24, 2.45) is 5.92 Å². The maximum atomic E-state index is 13.8. The molecule has 12 heteroatoms. The van der Waals surface area contributed by atoms with Crippen LogP contribution < -0.4 is 26.2 Å². The number of benzene rings is 1. The van der Waals surface area contributed by atoms with Crippen LogP contribution in [-0.4, -0.2) is 40.6 Å². The highest BCUT2D eigenvalue weighted by atomic mass is 32.1. The van der Waals surface area contributed by atoms with E-state index in [0.29, 0.717) is 23.8 Å². The third-order valence-corrected chi connectivity index (χ3v) is 5.21. The van der Waals surface area contributed by atoms with Crippen molar-refractivity contribution in [3.63, 3.8) is 0 Å². The molecule has 0 aliphatic carbocycles. The zero-order chi connectivity index (χ0) is 23.5. The molecule has 3 rings (SSSR count). The van der Waals surface area contributed by atoms with E-state index in [-0.39, 0.29) is 22.9 Å². The summed E-state index contributed by atoms with van der Waals surface area (Å²) >= 11 is 5.08. The second kappa shape index (κ2) is 9.63. The summed E-state index contributed by atoms with van der Waals surface area (Å²) in [5.41, 5.74) is 5.55. The number of rotatable bonds is 5. The van der Waals surface area contributed by atoms with E-state index in [1.807, 2.05) is 13.8 Å². The molecule has 1 aromatic heterocycles. The molecule has 0 saturated heterocycles. The lowest BCUT2D eigenvalue weighted by atomic mass is 9.96. The Hall–Kier alpha value is -3.02. The molecule has 2 heterocycles. The quantitative estimate of drug-likeness (QED) is 0.394. The molecule has 1 aliphatic rings. The van der Waals surface area contributed by atoms with E-state index in [2.05, 4.69) is 26.6 Å². The Morgan fingerprint density at radius 1 is 1.31 bits per heavy atom. The van der Waals surface area contributed by atoms with Crippen LogP contribution in [-0.2, 0) is 0 Å². The SMILES string of the molecule is COc1ccc([C@@H]2C[C@H](C(F)(F)F)n3ncc(C(=O)NNC(=S)NCC(C)C)c3N2)cc1. The number of hydrogen-bond donors (Lipinski definition) is 4. The van der Waals surface area contributed by atoms with E-state index >= 15 is 0 Å². The van der Waals surface area contributed by atoms with Gasteiger partial charge in [-0.25, -0.2) is 4.68 Å². The molecule has 0 fully saturated rings. The number of thiocarbonyl (C=S) groups is 1. The first-order valence-corrected chi connectivity index (χ1v) is 10.4. The highest BCUT2D eigenvalue weighted by Gasteiger charge is 2.47. The molecule has 1 amide bonds. The van der Waals surface area contributed by atoms with Crippen LogP contribution in [0.15, 0.2) is 30.5 Å². The molecule has 0 unspecified atom stereocenters. The summed E-state index contributed by atoms with van der Waals surface area (Å²) < 4.78 is 47.3. The lowest BCUT2D eigenvalue weighted by Gasteiger charge is -2.34. The number of hydrazine groups is 1. The first-order valence-electron chi connectivity index (χ1n) is 9.99. The number of halogens is 3. The maximum absolute atomic E-state index is 13.8. The van der Waals surface area contributed by atoms with Gasteiger partial charge in [-0.15, -0.1) is 0 Å². The van der Waals surface area contributed by atoms with Crippen molar-refractivity contribution in [3.8, 4) is 5.75 Å². The van der Waals surface area contributed by atoms with E-state index in [0.717, 1.165) is 10.9 Å². The second-order valence-corrected chi connectivity index (χ2v) is 8.21. The van der Waals surface area contributed by atoms with Crippen molar-refractivity contribution < 1.29 is 22.7 Å². The van der Waals surface area contributed by atoms with Crippen molar-refractivity contribution in [1.29, 1.82) is 0 Å². The number of fused-ring (bicyclic) bond motifs is 1. The van der Waals surface area contributed by atoms with Crippen LogP contribution in [0, 0.1) is 5.92 Å². The summed E-state index contributed by atoms with van der Waals surface area (Å²) in [6.07, 6.45) is -3.70. The second-order valence-electron chi connectivity index (χ2n) is 7.80. The van der Waals surface area contributed by atoms with Crippen LogP contribution >= 0.6 is 12.2 Å². The maximum Gasteiger partial charge on any atom is 0.410 e. The monoisotopic (exact) mass is 470 g/mol. The fraction of sp³-hybridized carbons (Fsp3) is 0.450. The van der Waals surface area contributed by atoms with Gasteiger partial charge in [0.2, 0.25) is 0 Å². The Balaban J connectivity index is 1.81. The van der Waals surface area contributed by atoms with Gasteiger partial charge in [0.05, 0.1) is 19.3 Å². The Morgan fingerprint density at radius 2 is 2.00 bits per heavy atom. The highest BCUT2D eigenvalue weighted by Crippen LogP contribution is 2.44. The molecule has 0 bridgehead atoms. The van der Waals surface area contributed by atoms with Crippen molar-refractivity contribution in [1.82, 2.24) is 25.9 Å². The number of nitrogens with one attached hydrogen (secondary N) is 4. The minimum Gasteiger partial charge on any atom is -0.497 e. The van der Waals surface area contributed by atoms with E-state index < -0.39 is 24.2 Å². The molecule has 0 spiro atoms. The van der Waals surface area contributed by atoms with Gasteiger partial charge in [0, 0.05) is 13.0 Å². The highest BCUT2D eigenvalue weighted by molar-refractivity contribution is 7.80. The molecule has 4 N–H and O–H groups in total. The summed E-state index contributed by atoms with van der Waals surface area (Å²) in [5, 5.41) is 10.00. The summed E-state index contributed by atoms with van der Waals surface area (Å²) in [5.74, 6) is 0.255. The molecular weight excluding hydrogens is 445 g/mol. The molecule has 1 aliphatic heterocycles. The Labute approximate surface area is 188 Å². The lowest BCUT2D eigenvalue weighted by molar-refractivity contribution is -0.173. The van der Waals surface area contributed by atoms with Gasteiger partial charge in [-0.1, -0.05) is 26.0 Å². The minimum absolute atomic E-state index is 0.0141. The van der Waals surface area contributed by atoms with Gasteiger partial charge in [-0.05, 0) is 35.8 Å². The van der Waals surface area contributed by atoms with E-state index in [9.17, 15) is 18.0 Å². The summed E-state index contributed by atoms with van der Waals surface area (Å²) in [7, 11) is 1.51. The number of alkyl halides is 3. The molecule has 1 aromatic carbocycles. The van der Waals surface area contributed by atoms with Crippen molar-refractivity contribution in [2.75, 3.05) is 19.0 Å². The topological polar surface area (TPSA) is 92.2 Å². The number of nitrogens with zero attached hydrogens (tertiary/aromatic N) is 2. The minimum atomic E-state index is -4.54. The number of ether oxygens (including phenoxy) is 1. The zero-order valence-electron chi connectivity index (χ0n) is 17.8. The average molecular weight is 471 g/mol. The smallest absolute Gasteiger partial charge is 0.410 e. The van der Waals surface area contributed by atoms with Gasteiger partial charge in [0.1, 0.15) is 17.1 Å². The van der Waals surface area contributed by atoms with E-state index in [1.165, 1.54) is 7.11 Å². The van der Waals surface area contributed by atoms with Crippen molar-refractivity contribution >= 4 is 29.1 Å². The molecule has 2 atom stereocenters. The predicted molar refractivity (Wildman–Crippen MR) is 117 cm³/mol. The van der Waals surface area contributed by atoms with Gasteiger partial charge in [-0.3, -0.25) is 15.6 Å². The van der Waals surface area contributed by atoms with Crippen LogP contribution in [0.3, 0.4) is 0 Å². The number of anilines is 1. The molecular formula is C20H25F3N6O2S. The number of carbonyl (C=O) groups is 1. The summed E-state index contributed by atoms with van der Waals surface area (Å²) in [6.45, 7) is 4.59. The van der Waals surface area contributed by atoms with Crippen LogP contribution in [0.25, 0.3) is 0 Å². The fourth-order valence-electron chi connectivity index (χ4n) is 3.31. The third-order valence-electron chi connectivity index (χ3n) is 4.96. The summed E-state index contributed by atoms with van der Waals surface area (Å²) in [6, 6.07) is 4.17. The van der Waals surface area contributed by atoms with Gasteiger partial charge in [0.25, 0.3) is 5.91 Å². The number of hydrogen-bond acceptors (Lipinski definition) is 5. The van der Waals surface area contributed by atoms with Crippen LogP contribution in [0.2, 0.25) is 0 Å². The third kappa shape index (κ3) is 5.42. The van der Waals surface area contributed by atoms with Crippen molar-refractivity contribution in [3.05, 3.63) is 41.6 Å². The van der Waals surface area contributed by atoms with Crippen LogP contribution in [0.1, 0.15) is 48.3 Å². The first-order chi connectivity index (χ1) is 15.1. The van der Waals surface area contributed by atoms with Gasteiger partial charge in [-0.2, -0.15) is 18.3 Å². The normalized spacial score (nSPS) is 17.8. The number of amides is 1. The van der Waals surface area contributed by atoms with Crippen molar-refractivity contribution in [2.45, 2.75) is 38.5 Å². The largest absolute Gasteiger partial charge is 0.497 e. The van der Waals surface area contributed by atoms with E-state index in [4.69, 9.17) is 17.0 Å². The Morgan fingerprint density at radius 3 is 2.59 bits per heavy atom. The first kappa shape index (κ1) is 23.6. The number of methoxy groups -OCH3 is 1. The molecule has 174 valence electrons.